The molecule has 1 aliphatic heterocycles. The highest BCUT2D eigenvalue weighted by Crippen LogP contribution is 2.42. The summed E-state index contributed by atoms with van der Waals surface area (Å²) in [5.41, 5.74) is 2.19. The molecule has 2 aromatic heterocycles. The van der Waals surface area contributed by atoms with Crippen molar-refractivity contribution < 1.29 is 23.4 Å². The summed E-state index contributed by atoms with van der Waals surface area (Å²) in [6.45, 7) is 0.825. The molecule has 1 aliphatic rings. The quantitative estimate of drug-likeness (QED) is 0.342. The SMILES string of the molecule is COc1cc2c(cc1OC)C(c1cccs1)N(C(=O)c1ccc(COc3ccccc3)o1)CC2. The lowest BCUT2D eigenvalue weighted by molar-refractivity contribution is 0.0660. The molecule has 7 heteroatoms. The summed E-state index contributed by atoms with van der Waals surface area (Å²) in [5, 5.41) is 2.03. The zero-order chi connectivity index (χ0) is 23.5. The van der Waals surface area contributed by atoms with Crippen LogP contribution in [-0.4, -0.2) is 31.6 Å². The third-order valence-corrected chi connectivity index (χ3v) is 6.87. The predicted molar refractivity (Wildman–Crippen MR) is 130 cm³/mol. The average molecular weight is 476 g/mol. The summed E-state index contributed by atoms with van der Waals surface area (Å²) >= 11 is 1.63. The second-order valence-corrected chi connectivity index (χ2v) is 8.92. The van der Waals surface area contributed by atoms with Gasteiger partial charge < -0.3 is 23.5 Å². The molecule has 0 saturated heterocycles. The van der Waals surface area contributed by atoms with Crippen LogP contribution in [0.25, 0.3) is 0 Å². The normalized spacial score (nSPS) is 15.0. The highest BCUT2D eigenvalue weighted by Gasteiger charge is 2.35. The number of hydrogen-bond donors (Lipinski definition) is 0. The molecule has 0 bridgehead atoms. The number of fused-ring (bicyclic) bond motifs is 1. The van der Waals surface area contributed by atoms with Crippen LogP contribution < -0.4 is 14.2 Å². The van der Waals surface area contributed by atoms with Gasteiger partial charge in [-0.3, -0.25) is 4.79 Å². The number of ether oxygens (including phenoxy) is 3. The van der Waals surface area contributed by atoms with Gasteiger partial charge in [0.15, 0.2) is 17.3 Å². The Balaban J connectivity index is 1.43. The van der Waals surface area contributed by atoms with Gasteiger partial charge in [-0.2, -0.15) is 0 Å². The fourth-order valence-electron chi connectivity index (χ4n) is 4.30. The fourth-order valence-corrected chi connectivity index (χ4v) is 5.16. The van der Waals surface area contributed by atoms with Crippen LogP contribution in [0.5, 0.6) is 17.2 Å². The van der Waals surface area contributed by atoms with E-state index in [1.165, 1.54) is 0 Å². The van der Waals surface area contributed by atoms with E-state index < -0.39 is 0 Å². The monoisotopic (exact) mass is 475 g/mol. The highest BCUT2D eigenvalue weighted by molar-refractivity contribution is 7.10. The van der Waals surface area contributed by atoms with Crippen molar-refractivity contribution in [2.75, 3.05) is 20.8 Å². The smallest absolute Gasteiger partial charge is 0.290 e. The maximum Gasteiger partial charge on any atom is 0.290 e. The number of carbonyl (C=O) groups excluding carboxylic acids is 1. The zero-order valence-corrected chi connectivity index (χ0v) is 19.8. The average Bonchev–Trinajstić information content (AvgIpc) is 3.59. The molecule has 6 nitrogen and oxygen atoms in total. The Morgan fingerprint density at radius 1 is 1.03 bits per heavy atom. The maximum absolute atomic E-state index is 13.6. The lowest BCUT2D eigenvalue weighted by Crippen LogP contribution is -2.40. The Morgan fingerprint density at radius 2 is 1.82 bits per heavy atom. The number of thiophene rings is 1. The molecule has 1 amide bonds. The number of carbonyl (C=O) groups is 1. The predicted octanol–water partition coefficient (Wildman–Crippen LogP) is 5.73. The first kappa shape index (κ1) is 22.1. The molecule has 0 radical (unpaired) electrons. The van der Waals surface area contributed by atoms with Crippen molar-refractivity contribution >= 4 is 17.2 Å². The molecule has 0 fully saturated rings. The standard InChI is InChI=1S/C27H25NO5S/c1-30-23-15-18-12-13-28(26(25-9-6-14-34-25)21(18)16-24(23)31-2)27(29)22-11-10-20(33-22)17-32-19-7-4-3-5-8-19/h3-11,14-16,26H,12-13,17H2,1-2H3. The lowest BCUT2D eigenvalue weighted by Gasteiger charge is -2.37. The van der Waals surface area contributed by atoms with Crippen LogP contribution in [0.1, 0.15) is 38.4 Å². The van der Waals surface area contributed by atoms with E-state index in [0.29, 0.717) is 36.0 Å². The summed E-state index contributed by atoms with van der Waals surface area (Å²) in [6, 6.07) is 20.9. The molecule has 1 unspecified atom stereocenters. The van der Waals surface area contributed by atoms with Gasteiger partial charge in [0.25, 0.3) is 5.91 Å². The van der Waals surface area contributed by atoms with E-state index in [-0.39, 0.29) is 18.6 Å². The largest absolute Gasteiger partial charge is 0.493 e. The minimum absolute atomic E-state index is 0.148. The van der Waals surface area contributed by atoms with Crippen molar-refractivity contribution in [3.63, 3.8) is 0 Å². The van der Waals surface area contributed by atoms with E-state index in [1.54, 1.807) is 37.7 Å². The first-order valence-electron chi connectivity index (χ1n) is 11.0. The summed E-state index contributed by atoms with van der Waals surface area (Å²) in [6.07, 6.45) is 0.716. The van der Waals surface area contributed by atoms with E-state index >= 15 is 0 Å². The van der Waals surface area contributed by atoms with E-state index in [9.17, 15) is 4.79 Å². The van der Waals surface area contributed by atoms with Crippen LogP contribution in [0.2, 0.25) is 0 Å². The first-order valence-corrected chi connectivity index (χ1v) is 11.9. The van der Waals surface area contributed by atoms with Gasteiger partial charge in [-0.15, -0.1) is 11.3 Å². The Hall–Kier alpha value is -3.71. The van der Waals surface area contributed by atoms with Crippen LogP contribution >= 0.6 is 11.3 Å². The van der Waals surface area contributed by atoms with Gasteiger partial charge >= 0.3 is 0 Å². The number of amides is 1. The molecule has 34 heavy (non-hydrogen) atoms. The van der Waals surface area contributed by atoms with E-state index in [2.05, 4.69) is 6.07 Å². The fraction of sp³-hybridized carbons (Fsp3) is 0.222. The first-order chi connectivity index (χ1) is 16.7. The summed E-state index contributed by atoms with van der Waals surface area (Å²) in [7, 11) is 3.26. The van der Waals surface area contributed by atoms with Gasteiger partial charge in [0.1, 0.15) is 18.1 Å². The molecular weight excluding hydrogens is 450 g/mol. The van der Waals surface area contributed by atoms with Crippen molar-refractivity contribution in [3.05, 3.63) is 99.6 Å². The second kappa shape index (κ2) is 9.65. The van der Waals surface area contributed by atoms with Gasteiger partial charge in [0, 0.05) is 11.4 Å². The van der Waals surface area contributed by atoms with Gasteiger partial charge in [-0.05, 0) is 65.4 Å². The van der Waals surface area contributed by atoms with Gasteiger partial charge in [0.2, 0.25) is 0 Å². The number of rotatable bonds is 7. The molecule has 0 saturated carbocycles. The number of furan rings is 1. The number of hydrogen-bond acceptors (Lipinski definition) is 6. The van der Waals surface area contributed by atoms with Crippen LogP contribution in [0.3, 0.4) is 0 Å². The van der Waals surface area contributed by atoms with Crippen molar-refractivity contribution in [2.45, 2.75) is 19.1 Å². The van der Waals surface area contributed by atoms with E-state index in [4.69, 9.17) is 18.6 Å². The number of para-hydroxylation sites is 1. The topological polar surface area (TPSA) is 61.1 Å². The summed E-state index contributed by atoms with van der Waals surface area (Å²) in [5.74, 6) is 2.85. The zero-order valence-electron chi connectivity index (χ0n) is 19.0. The minimum atomic E-state index is -0.231. The number of methoxy groups -OCH3 is 2. The van der Waals surface area contributed by atoms with Gasteiger partial charge in [-0.25, -0.2) is 0 Å². The van der Waals surface area contributed by atoms with Crippen molar-refractivity contribution in [1.82, 2.24) is 4.90 Å². The van der Waals surface area contributed by atoms with Crippen LogP contribution in [0, 0.1) is 0 Å². The molecule has 3 heterocycles. The maximum atomic E-state index is 13.6. The molecule has 2 aromatic carbocycles. The van der Waals surface area contributed by atoms with Gasteiger partial charge in [0.05, 0.1) is 20.3 Å². The van der Waals surface area contributed by atoms with Crippen LogP contribution in [0.4, 0.5) is 0 Å². The van der Waals surface area contributed by atoms with Crippen LogP contribution in [0.15, 0.2) is 76.5 Å². The van der Waals surface area contributed by atoms with E-state index in [0.717, 1.165) is 21.8 Å². The Labute approximate surface area is 202 Å². The Bertz CT molecular complexity index is 1270. The van der Waals surface area contributed by atoms with Crippen molar-refractivity contribution in [1.29, 1.82) is 0 Å². The molecule has 1 atom stereocenters. The number of nitrogens with zero attached hydrogens (tertiary/aromatic N) is 1. The molecule has 0 spiro atoms. The Kier molecular flexibility index (Phi) is 6.27. The van der Waals surface area contributed by atoms with Crippen molar-refractivity contribution in [2.24, 2.45) is 0 Å². The Morgan fingerprint density at radius 3 is 2.56 bits per heavy atom. The van der Waals surface area contributed by atoms with Crippen molar-refractivity contribution in [3.8, 4) is 17.2 Å². The molecule has 0 N–H and O–H groups in total. The molecular formula is C27H25NO5S. The molecule has 174 valence electrons. The second-order valence-electron chi connectivity index (χ2n) is 7.94. The summed E-state index contributed by atoms with van der Waals surface area (Å²) < 4.78 is 22.7. The number of benzene rings is 2. The van der Waals surface area contributed by atoms with E-state index in [1.807, 2.05) is 58.8 Å². The summed E-state index contributed by atoms with van der Waals surface area (Å²) in [4.78, 5) is 16.6. The minimum Gasteiger partial charge on any atom is -0.493 e. The van der Waals surface area contributed by atoms with Crippen LogP contribution in [-0.2, 0) is 13.0 Å². The highest BCUT2D eigenvalue weighted by atomic mass is 32.1. The molecule has 5 rings (SSSR count). The van der Waals surface area contributed by atoms with Gasteiger partial charge in [-0.1, -0.05) is 24.3 Å². The molecule has 0 aliphatic carbocycles. The lowest BCUT2D eigenvalue weighted by atomic mass is 9.90. The third-order valence-electron chi connectivity index (χ3n) is 5.94. The third kappa shape index (κ3) is 4.26. The molecule has 4 aromatic rings.